The van der Waals surface area contributed by atoms with Gasteiger partial charge in [-0.2, -0.15) is 0 Å². The molecule has 0 aliphatic carbocycles. The first-order chi connectivity index (χ1) is 16.6. The average molecular weight is 491 g/mol. The molecule has 13 nitrogen and oxygen atoms in total. The number of benzene rings is 1. The topological polar surface area (TPSA) is 220 Å². The van der Waals surface area contributed by atoms with Crippen LogP contribution in [0.4, 0.5) is 0 Å². The number of aromatic amines is 1. The minimum absolute atomic E-state index is 0.0219. The van der Waals surface area contributed by atoms with E-state index < -0.39 is 60.6 Å². The fourth-order valence-corrected chi connectivity index (χ4v) is 3.17. The van der Waals surface area contributed by atoms with E-state index >= 15 is 0 Å². The van der Waals surface area contributed by atoms with Crippen LogP contribution in [0.5, 0.6) is 0 Å². The van der Waals surface area contributed by atoms with E-state index in [4.69, 9.17) is 5.73 Å². The van der Waals surface area contributed by atoms with Gasteiger partial charge in [0.05, 0.1) is 25.1 Å². The largest absolute Gasteiger partial charge is 0.480 e. The third-order valence-electron chi connectivity index (χ3n) is 5.11. The van der Waals surface area contributed by atoms with E-state index in [1.165, 1.54) is 19.4 Å². The van der Waals surface area contributed by atoms with E-state index in [9.17, 15) is 34.5 Å². The Bertz CT molecular complexity index is 983. The molecule has 9 N–H and O–H groups in total. The summed E-state index contributed by atoms with van der Waals surface area (Å²) >= 11 is 0. The van der Waals surface area contributed by atoms with Crippen LogP contribution in [0.1, 0.15) is 18.2 Å². The highest BCUT2D eigenvalue weighted by Gasteiger charge is 2.32. The Hall–Kier alpha value is -3.81. The third-order valence-corrected chi connectivity index (χ3v) is 5.11. The van der Waals surface area contributed by atoms with E-state index in [1.54, 1.807) is 30.3 Å². The Morgan fingerprint density at radius 1 is 1.00 bits per heavy atom. The Morgan fingerprint density at radius 3 is 2.20 bits per heavy atom. The van der Waals surface area contributed by atoms with Crippen molar-refractivity contribution >= 4 is 23.7 Å². The first kappa shape index (κ1) is 27.4. The molecule has 0 saturated heterocycles. The van der Waals surface area contributed by atoms with E-state index in [0.717, 1.165) is 0 Å². The summed E-state index contributed by atoms with van der Waals surface area (Å²) < 4.78 is 0. The maximum atomic E-state index is 12.7. The fraction of sp³-hybridized carbons (Fsp3) is 0.409. The van der Waals surface area contributed by atoms with Crippen molar-refractivity contribution in [3.05, 3.63) is 54.1 Å². The highest BCUT2D eigenvalue weighted by atomic mass is 16.4. The Labute approximate surface area is 201 Å². The molecule has 5 atom stereocenters. The number of carboxylic acids is 1. The van der Waals surface area contributed by atoms with Gasteiger partial charge in [0, 0.05) is 24.7 Å². The van der Waals surface area contributed by atoms with Gasteiger partial charge in [-0.05, 0) is 12.5 Å². The second kappa shape index (κ2) is 13.2. The number of nitrogens with zero attached hydrogens (tertiary/aromatic N) is 1. The van der Waals surface area contributed by atoms with Gasteiger partial charge in [-0.25, -0.2) is 9.78 Å². The molecule has 0 saturated carbocycles. The van der Waals surface area contributed by atoms with E-state index in [0.29, 0.717) is 11.3 Å². The van der Waals surface area contributed by atoms with Crippen LogP contribution in [0.25, 0.3) is 0 Å². The standard InChI is InChI=1S/C22H30N6O7/c1-12(30)18(21(33)26-16(22(34)35)7-13-5-3-2-4-6-13)28-20(32)17(10-29)27-19(31)15(23)8-14-9-24-11-25-14/h2-6,9,11-12,15-18,29-30H,7-8,10,23H2,1H3,(H,24,25)(H,26,33)(H,27,31)(H,28,32)(H,34,35). The minimum Gasteiger partial charge on any atom is -0.480 e. The molecular formula is C22H30N6O7. The number of imidazole rings is 1. The second-order valence-corrected chi connectivity index (χ2v) is 7.95. The summed E-state index contributed by atoms with van der Waals surface area (Å²) in [6, 6.07) is 3.20. The zero-order chi connectivity index (χ0) is 26.0. The molecule has 190 valence electrons. The molecule has 1 aromatic heterocycles. The van der Waals surface area contributed by atoms with Crippen LogP contribution in [0.3, 0.4) is 0 Å². The maximum Gasteiger partial charge on any atom is 0.326 e. The number of nitrogens with one attached hydrogen (secondary N) is 4. The molecule has 13 heteroatoms. The van der Waals surface area contributed by atoms with Gasteiger partial charge in [-0.1, -0.05) is 30.3 Å². The molecule has 35 heavy (non-hydrogen) atoms. The number of aliphatic carboxylic acids is 1. The molecule has 5 unspecified atom stereocenters. The van der Waals surface area contributed by atoms with Gasteiger partial charge in [0.15, 0.2) is 0 Å². The number of carbonyl (C=O) groups excluding carboxylic acids is 3. The number of hydrogen-bond acceptors (Lipinski definition) is 8. The predicted octanol–water partition coefficient (Wildman–Crippen LogP) is -2.57. The molecular weight excluding hydrogens is 460 g/mol. The lowest BCUT2D eigenvalue weighted by molar-refractivity contribution is -0.143. The highest BCUT2D eigenvalue weighted by molar-refractivity contribution is 5.94. The van der Waals surface area contributed by atoms with Gasteiger partial charge in [-0.3, -0.25) is 14.4 Å². The predicted molar refractivity (Wildman–Crippen MR) is 123 cm³/mol. The first-order valence-electron chi connectivity index (χ1n) is 10.8. The van der Waals surface area contributed by atoms with Crippen molar-refractivity contribution in [2.45, 2.75) is 50.0 Å². The van der Waals surface area contributed by atoms with Crippen molar-refractivity contribution < 1.29 is 34.5 Å². The van der Waals surface area contributed by atoms with Crippen LogP contribution in [-0.2, 0) is 32.0 Å². The van der Waals surface area contributed by atoms with Gasteiger partial charge >= 0.3 is 5.97 Å². The summed E-state index contributed by atoms with van der Waals surface area (Å²) in [4.78, 5) is 55.9. The van der Waals surface area contributed by atoms with Gasteiger partial charge in [0.1, 0.15) is 18.1 Å². The van der Waals surface area contributed by atoms with Crippen molar-refractivity contribution in [2.24, 2.45) is 5.73 Å². The van der Waals surface area contributed by atoms with Crippen LogP contribution in [0.15, 0.2) is 42.9 Å². The molecule has 0 radical (unpaired) electrons. The normalized spacial score (nSPS) is 15.2. The monoisotopic (exact) mass is 490 g/mol. The van der Waals surface area contributed by atoms with Crippen LogP contribution < -0.4 is 21.7 Å². The molecule has 2 aromatic rings. The third kappa shape index (κ3) is 8.48. The van der Waals surface area contributed by atoms with E-state index in [-0.39, 0.29) is 12.8 Å². The molecule has 2 rings (SSSR count). The van der Waals surface area contributed by atoms with Crippen molar-refractivity contribution in [3.8, 4) is 0 Å². The summed E-state index contributed by atoms with van der Waals surface area (Å²) in [5.74, 6) is -3.95. The van der Waals surface area contributed by atoms with Crippen molar-refractivity contribution in [1.29, 1.82) is 0 Å². The van der Waals surface area contributed by atoms with Gasteiger partial charge < -0.3 is 42.0 Å². The summed E-state index contributed by atoms with van der Waals surface area (Å²) in [6.07, 6.45) is 1.56. The number of nitrogens with two attached hydrogens (primary N) is 1. The number of aromatic nitrogens is 2. The Kier molecular flexibility index (Phi) is 10.3. The number of rotatable bonds is 13. The van der Waals surface area contributed by atoms with Gasteiger partial charge in [-0.15, -0.1) is 0 Å². The number of H-pyrrole nitrogens is 1. The molecule has 3 amide bonds. The number of aliphatic hydroxyl groups is 2. The average Bonchev–Trinajstić information content (AvgIpc) is 3.33. The lowest BCUT2D eigenvalue weighted by atomic mass is 10.0. The molecule has 0 aliphatic rings. The summed E-state index contributed by atoms with van der Waals surface area (Å²) in [6.45, 7) is 0.415. The summed E-state index contributed by atoms with van der Waals surface area (Å²) in [5, 5.41) is 35.9. The van der Waals surface area contributed by atoms with Crippen LogP contribution in [0, 0.1) is 0 Å². The lowest BCUT2D eigenvalue weighted by Gasteiger charge is -2.26. The van der Waals surface area contributed by atoms with Gasteiger partial charge in [0.2, 0.25) is 17.7 Å². The first-order valence-corrected chi connectivity index (χ1v) is 10.8. The van der Waals surface area contributed by atoms with E-state index in [1.807, 2.05) is 0 Å². The Morgan fingerprint density at radius 2 is 1.66 bits per heavy atom. The molecule has 0 spiro atoms. The van der Waals surface area contributed by atoms with Crippen LogP contribution >= 0.6 is 0 Å². The number of carboxylic acid groups (broad SMARTS) is 1. The molecule has 1 heterocycles. The van der Waals surface area contributed by atoms with Crippen molar-refractivity contribution in [2.75, 3.05) is 6.61 Å². The lowest BCUT2D eigenvalue weighted by Crippen LogP contribution is -2.60. The summed E-state index contributed by atoms with van der Waals surface area (Å²) in [7, 11) is 0. The number of carbonyl (C=O) groups is 4. The zero-order valence-electron chi connectivity index (χ0n) is 19.0. The van der Waals surface area contributed by atoms with Crippen LogP contribution in [-0.4, -0.2) is 85.9 Å². The second-order valence-electron chi connectivity index (χ2n) is 7.95. The zero-order valence-corrected chi connectivity index (χ0v) is 19.0. The fourth-order valence-electron chi connectivity index (χ4n) is 3.17. The number of hydrogen-bond donors (Lipinski definition) is 8. The summed E-state index contributed by atoms with van der Waals surface area (Å²) in [5.41, 5.74) is 7.07. The Balaban J connectivity index is 2.01. The van der Waals surface area contributed by atoms with Crippen molar-refractivity contribution in [3.63, 3.8) is 0 Å². The van der Waals surface area contributed by atoms with Crippen molar-refractivity contribution in [1.82, 2.24) is 25.9 Å². The minimum atomic E-state index is -1.55. The van der Waals surface area contributed by atoms with Crippen LogP contribution in [0.2, 0.25) is 0 Å². The van der Waals surface area contributed by atoms with Gasteiger partial charge in [0.25, 0.3) is 0 Å². The SMILES string of the molecule is CC(O)C(NC(=O)C(CO)NC(=O)C(N)Cc1cnc[nH]1)C(=O)NC(Cc1ccccc1)C(=O)O. The van der Waals surface area contributed by atoms with E-state index in [2.05, 4.69) is 25.9 Å². The number of amides is 3. The highest BCUT2D eigenvalue weighted by Crippen LogP contribution is 2.05. The molecule has 1 aromatic carbocycles. The maximum absolute atomic E-state index is 12.7. The molecule has 0 bridgehead atoms. The quantitative estimate of drug-likeness (QED) is 0.148. The molecule has 0 aliphatic heterocycles. The smallest absolute Gasteiger partial charge is 0.326 e. The number of aliphatic hydroxyl groups excluding tert-OH is 2. The molecule has 0 fully saturated rings.